The van der Waals surface area contributed by atoms with Gasteiger partial charge in [-0.1, -0.05) is 0 Å². The minimum absolute atomic E-state index is 0.00862. The van der Waals surface area contributed by atoms with Gasteiger partial charge in [0.05, 0.1) is 24.4 Å². The molecule has 2 amide bonds. The summed E-state index contributed by atoms with van der Waals surface area (Å²) in [4.78, 5) is 52.6. The fraction of sp³-hybridized carbons (Fsp3) is 0.714. The first-order valence-corrected chi connectivity index (χ1v) is 10.5. The van der Waals surface area contributed by atoms with E-state index in [2.05, 4.69) is 0 Å². The van der Waals surface area contributed by atoms with Crippen molar-refractivity contribution in [1.82, 2.24) is 9.80 Å². The third kappa shape index (κ3) is 4.47. The van der Waals surface area contributed by atoms with Crippen molar-refractivity contribution >= 4 is 24.1 Å². The quantitative estimate of drug-likeness (QED) is 0.485. The van der Waals surface area contributed by atoms with Crippen LogP contribution in [-0.2, 0) is 28.5 Å². The number of cyclic esters (lactones) is 2. The summed E-state index contributed by atoms with van der Waals surface area (Å²) in [6, 6.07) is 0. The Morgan fingerprint density at radius 2 is 1.84 bits per heavy atom. The van der Waals surface area contributed by atoms with E-state index in [4.69, 9.17) is 18.9 Å². The number of hydrogen-bond donors (Lipinski definition) is 0. The first kappa shape index (κ1) is 22.9. The van der Waals surface area contributed by atoms with Gasteiger partial charge < -0.3 is 23.8 Å². The molecule has 1 unspecified atom stereocenters. The van der Waals surface area contributed by atoms with E-state index in [1.54, 1.807) is 39.5 Å². The molecule has 10 heteroatoms. The average Bonchev–Trinajstić information content (AvgIpc) is 3.23. The van der Waals surface area contributed by atoms with Crippen LogP contribution in [0.5, 0.6) is 0 Å². The molecule has 0 bridgehead atoms. The largest absolute Gasteiger partial charge is 0.465 e. The Bertz CT molecular complexity index is 805. The van der Waals surface area contributed by atoms with Crippen molar-refractivity contribution in [1.29, 1.82) is 0 Å². The Morgan fingerprint density at radius 1 is 1.19 bits per heavy atom. The van der Waals surface area contributed by atoms with Crippen LogP contribution < -0.4 is 0 Å². The first-order valence-electron chi connectivity index (χ1n) is 10.5. The lowest BCUT2D eigenvalue weighted by Crippen LogP contribution is -2.54. The molecule has 0 aliphatic carbocycles. The molecule has 0 aromatic rings. The smallest absolute Gasteiger partial charge is 0.414 e. The number of nitrogens with zero attached hydrogens (tertiary/aromatic N) is 2. The molecule has 31 heavy (non-hydrogen) atoms. The van der Waals surface area contributed by atoms with Crippen LogP contribution >= 0.6 is 0 Å². The van der Waals surface area contributed by atoms with E-state index in [9.17, 15) is 19.2 Å². The van der Waals surface area contributed by atoms with Gasteiger partial charge >= 0.3 is 24.1 Å². The van der Waals surface area contributed by atoms with Gasteiger partial charge in [0.25, 0.3) is 0 Å². The molecule has 0 radical (unpaired) electrons. The van der Waals surface area contributed by atoms with Crippen molar-refractivity contribution in [3.63, 3.8) is 0 Å². The molecule has 2 saturated heterocycles. The first-order chi connectivity index (χ1) is 14.5. The average molecular weight is 438 g/mol. The minimum atomic E-state index is -1.09. The molecule has 3 heterocycles. The molecular weight excluding hydrogens is 408 g/mol. The minimum Gasteiger partial charge on any atom is -0.465 e. The maximum Gasteiger partial charge on any atom is 0.414 e. The number of esters is 2. The molecule has 2 fully saturated rings. The number of ether oxygens (including phenoxy) is 4. The fourth-order valence-corrected chi connectivity index (χ4v) is 4.07. The zero-order valence-electron chi connectivity index (χ0n) is 18.7. The Morgan fingerprint density at radius 3 is 2.35 bits per heavy atom. The Labute approximate surface area is 181 Å². The van der Waals surface area contributed by atoms with Gasteiger partial charge in [0, 0.05) is 13.1 Å². The topological polar surface area (TPSA) is 112 Å². The van der Waals surface area contributed by atoms with Crippen molar-refractivity contribution in [3.8, 4) is 0 Å². The van der Waals surface area contributed by atoms with Crippen LogP contribution in [0.1, 0.15) is 47.5 Å². The normalized spacial score (nSPS) is 23.6. The predicted molar refractivity (Wildman–Crippen MR) is 107 cm³/mol. The molecule has 0 aromatic carbocycles. The summed E-state index contributed by atoms with van der Waals surface area (Å²) >= 11 is 0. The molecule has 10 nitrogen and oxygen atoms in total. The highest BCUT2D eigenvalue weighted by Crippen LogP contribution is 2.42. The SMILES string of the molecule is CCOC(=O)C1(C2CN(C3=C(C)C(=O)OC3)C(=O)O2)CCN(C(=O)OC(C)(C)C)CC1. The highest BCUT2D eigenvalue weighted by Gasteiger charge is 2.56. The van der Waals surface area contributed by atoms with Gasteiger partial charge in [-0.15, -0.1) is 0 Å². The molecule has 3 rings (SSSR count). The van der Waals surface area contributed by atoms with E-state index in [0.29, 0.717) is 11.3 Å². The van der Waals surface area contributed by atoms with Gasteiger partial charge in [0.2, 0.25) is 0 Å². The van der Waals surface area contributed by atoms with Crippen molar-refractivity contribution < 1.29 is 38.1 Å². The lowest BCUT2D eigenvalue weighted by Gasteiger charge is -2.42. The van der Waals surface area contributed by atoms with Crippen molar-refractivity contribution in [2.45, 2.75) is 59.2 Å². The van der Waals surface area contributed by atoms with Crippen LogP contribution in [0, 0.1) is 5.41 Å². The highest BCUT2D eigenvalue weighted by atomic mass is 16.6. The van der Waals surface area contributed by atoms with Gasteiger partial charge in [0.1, 0.15) is 23.7 Å². The molecule has 0 aromatic heterocycles. The van der Waals surface area contributed by atoms with Crippen LogP contribution in [0.3, 0.4) is 0 Å². The van der Waals surface area contributed by atoms with Crippen LogP contribution in [0.15, 0.2) is 11.3 Å². The van der Waals surface area contributed by atoms with Gasteiger partial charge in [-0.25, -0.2) is 14.4 Å². The second kappa shape index (κ2) is 8.39. The molecule has 0 saturated carbocycles. The van der Waals surface area contributed by atoms with Crippen LogP contribution in [0.2, 0.25) is 0 Å². The summed E-state index contributed by atoms with van der Waals surface area (Å²) in [5.41, 5.74) is -0.914. The fourth-order valence-electron chi connectivity index (χ4n) is 4.07. The summed E-state index contributed by atoms with van der Waals surface area (Å²) in [5, 5.41) is 0. The molecular formula is C21H30N2O8. The van der Waals surface area contributed by atoms with Crippen LogP contribution in [-0.4, -0.2) is 78.5 Å². The number of carbonyl (C=O) groups is 4. The maximum absolute atomic E-state index is 13.0. The van der Waals surface area contributed by atoms with E-state index in [-0.39, 0.29) is 45.7 Å². The van der Waals surface area contributed by atoms with Crippen molar-refractivity contribution in [2.24, 2.45) is 5.41 Å². The Hall–Kier alpha value is -2.78. The molecule has 3 aliphatic rings. The van der Waals surface area contributed by atoms with Gasteiger partial charge in [-0.05, 0) is 47.5 Å². The van der Waals surface area contributed by atoms with E-state index in [0.717, 1.165) is 0 Å². The standard InChI is InChI=1S/C21H30N2O8/c1-6-28-17(25)21(7-9-22(10-8-21)18(26)31-20(3,4)5)15-11-23(19(27)30-15)14-12-29-16(24)13(14)2/h15H,6-12H2,1-5H3. The van der Waals surface area contributed by atoms with Gasteiger partial charge in [0.15, 0.2) is 0 Å². The molecule has 3 aliphatic heterocycles. The highest BCUT2D eigenvalue weighted by molar-refractivity contribution is 5.92. The van der Waals surface area contributed by atoms with Crippen molar-refractivity contribution in [2.75, 3.05) is 32.8 Å². The van der Waals surface area contributed by atoms with Gasteiger partial charge in [-0.3, -0.25) is 9.69 Å². The Kier molecular flexibility index (Phi) is 6.20. The summed E-state index contributed by atoms with van der Waals surface area (Å²) in [5.74, 6) is -0.931. The number of piperidine rings is 1. The van der Waals surface area contributed by atoms with Crippen LogP contribution in [0.25, 0.3) is 0 Å². The summed E-state index contributed by atoms with van der Waals surface area (Å²) in [7, 11) is 0. The van der Waals surface area contributed by atoms with E-state index < -0.39 is 41.2 Å². The Balaban J connectivity index is 1.78. The van der Waals surface area contributed by atoms with Crippen LogP contribution in [0.4, 0.5) is 9.59 Å². The van der Waals surface area contributed by atoms with Gasteiger partial charge in [-0.2, -0.15) is 0 Å². The van der Waals surface area contributed by atoms with Crippen molar-refractivity contribution in [3.05, 3.63) is 11.3 Å². The van der Waals surface area contributed by atoms with E-state index in [1.165, 1.54) is 4.90 Å². The monoisotopic (exact) mass is 438 g/mol. The lowest BCUT2D eigenvalue weighted by atomic mass is 9.73. The molecule has 0 N–H and O–H groups in total. The number of likely N-dealkylation sites (tertiary alicyclic amines) is 1. The zero-order valence-corrected chi connectivity index (χ0v) is 18.7. The second-order valence-electron chi connectivity index (χ2n) is 8.97. The molecule has 172 valence electrons. The summed E-state index contributed by atoms with van der Waals surface area (Å²) in [6.45, 7) is 9.49. The third-order valence-electron chi connectivity index (χ3n) is 5.82. The number of amides is 2. The van der Waals surface area contributed by atoms with E-state index >= 15 is 0 Å². The molecule has 0 spiro atoms. The number of hydrogen-bond acceptors (Lipinski definition) is 8. The van der Waals surface area contributed by atoms with E-state index in [1.807, 2.05) is 0 Å². The molecule has 1 atom stereocenters. The summed E-state index contributed by atoms with van der Waals surface area (Å²) < 4.78 is 21.4. The zero-order chi connectivity index (χ0) is 23.0. The second-order valence-corrected chi connectivity index (χ2v) is 8.97. The number of carbonyl (C=O) groups excluding carboxylic acids is 4. The predicted octanol–water partition coefficient (Wildman–Crippen LogP) is 2.22. The number of rotatable bonds is 4. The third-order valence-corrected chi connectivity index (χ3v) is 5.82. The lowest BCUT2D eigenvalue weighted by molar-refractivity contribution is -0.166. The maximum atomic E-state index is 13.0. The summed E-state index contributed by atoms with van der Waals surface area (Å²) in [6.07, 6.45) is -1.31.